The number of carbonyl (C=O) groups is 1. The van der Waals surface area contributed by atoms with E-state index in [0.717, 1.165) is 27.1 Å². The van der Waals surface area contributed by atoms with E-state index in [9.17, 15) is 4.79 Å². The Hall–Kier alpha value is -1.33. The van der Waals surface area contributed by atoms with Gasteiger partial charge in [-0.25, -0.2) is 0 Å². The molecule has 5 heteroatoms. The van der Waals surface area contributed by atoms with Crippen LogP contribution >= 0.6 is 27.3 Å². The molecule has 1 aromatic heterocycles. The molecule has 0 N–H and O–H groups in total. The Morgan fingerprint density at radius 1 is 1.25 bits per heavy atom. The zero-order valence-corrected chi connectivity index (χ0v) is 13.5. The van der Waals surface area contributed by atoms with Crippen molar-refractivity contribution in [2.45, 2.75) is 20.0 Å². The van der Waals surface area contributed by atoms with E-state index in [0.29, 0.717) is 24.5 Å². The summed E-state index contributed by atoms with van der Waals surface area (Å²) in [6.07, 6.45) is 1.73. The zero-order chi connectivity index (χ0) is 14.4. The monoisotopic (exact) mass is 354 g/mol. The Morgan fingerprint density at radius 2 is 2.10 bits per heavy atom. The van der Waals surface area contributed by atoms with Crippen molar-refractivity contribution in [3.05, 3.63) is 44.6 Å². The zero-order valence-electron chi connectivity index (χ0n) is 11.1. The van der Waals surface area contributed by atoms with Crippen LogP contribution in [0, 0.1) is 0 Å². The van der Waals surface area contributed by atoms with Gasteiger partial charge in [0.2, 0.25) is 0 Å². The maximum atomic E-state index is 11.0. The van der Waals surface area contributed by atoms with Crippen LogP contribution < -0.4 is 9.47 Å². The topological polar surface area (TPSA) is 35.5 Å². The van der Waals surface area contributed by atoms with E-state index in [2.05, 4.69) is 15.9 Å². The highest BCUT2D eigenvalue weighted by molar-refractivity contribution is 9.11. The average molecular weight is 355 g/mol. The summed E-state index contributed by atoms with van der Waals surface area (Å²) in [7, 11) is 0. The van der Waals surface area contributed by atoms with E-state index in [-0.39, 0.29) is 0 Å². The van der Waals surface area contributed by atoms with Crippen molar-refractivity contribution in [2.24, 2.45) is 0 Å². The molecule has 1 heterocycles. The van der Waals surface area contributed by atoms with Crippen LogP contribution in [0.2, 0.25) is 0 Å². The van der Waals surface area contributed by atoms with Crippen LogP contribution in [0.3, 0.4) is 0 Å². The van der Waals surface area contributed by atoms with Crippen molar-refractivity contribution in [3.63, 3.8) is 0 Å². The smallest absolute Gasteiger partial charge is 0.153 e. The molecule has 0 unspecified atom stereocenters. The largest absolute Gasteiger partial charge is 0.493 e. The maximum Gasteiger partial charge on any atom is 0.153 e. The summed E-state index contributed by atoms with van der Waals surface area (Å²) in [5.41, 5.74) is 0.532. The molecule has 0 atom stereocenters. The molecular formula is C15H15BrO3S. The minimum atomic E-state index is 0.439. The second kappa shape index (κ2) is 7.45. The summed E-state index contributed by atoms with van der Waals surface area (Å²) < 4.78 is 12.3. The van der Waals surface area contributed by atoms with Gasteiger partial charge < -0.3 is 9.47 Å². The molecule has 2 rings (SSSR count). The highest BCUT2D eigenvalue weighted by Gasteiger charge is 2.07. The van der Waals surface area contributed by atoms with Crippen LogP contribution in [0.5, 0.6) is 11.5 Å². The van der Waals surface area contributed by atoms with Gasteiger partial charge in [0.15, 0.2) is 6.29 Å². The van der Waals surface area contributed by atoms with E-state index in [4.69, 9.17) is 9.47 Å². The van der Waals surface area contributed by atoms with Crippen molar-refractivity contribution in [2.75, 3.05) is 6.61 Å². The molecule has 2 aromatic rings. The summed E-state index contributed by atoms with van der Waals surface area (Å²) in [6.45, 7) is 3.14. The third-order valence-electron chi connectivity index (χ3n) is 2.58. The number of hydrogen-bond donors (Lipinski definition) is 0. The Morgan fingerprint density at radius 3 is 2.75 bits per heavy atom. The van der Waals surface area contributed by atoms with Crippen molar-refractivity contribution in [3.8, 4) is 11.5 Å². The van der Waals surface area contributed by atoms with Gasteiger partial charge in [0.25, 0.3) is 0 Å². The van der Waals surface area contributed by atoms with Gasteiger partial charge in [-0.05, 0) is 46.6 Å². The van der Waals surface area contributed by atoms with Crippen LogP contribution in [0.15, 0.2) is 34.1 Å². The predicted octanol–water partition coefficient (Wildman–Crippen LogP) is 4.69. The lowest BCUT2D eigenvalue weighted by molar-refractivity contribution is 0.111. The molecule has 0 aliphatic heterocycles. The summed E-state index contributed by atoms with van der Waals surface area (Å²) in [5.74, 6) is 1.28. The van der Waals surface area contributed by atoms with Crippen molar-refractivity contribution in [1.82, 2.24) is 0 Å². The lowest BCUT2D eigenvalue weighted by Crippen LogP contribution is -1.99. The van der Waals surface area contributed by atoms with Gasteiger partial charge in [-0.3, -0.25) is 4.79 Å². The number of thiophene rings is 1. The molecule has 0 fully saturated rings. The summed E-state index contributed by atoms with van der Waals surface area (Å²) in [4.78, 5) is 12.1. The number of rotatable bonds is 7. The number of carbonyl (C=O) groups excluding carboxylic acids is 1. The van der Waals surface area contributed by atoms with E-state index in [1.54, 1.807) is 29.5 Å². The molecule has 20 heavy (non-hydrogen) atoms. The molecule has 0 radical (unpaired) electrons. The Kier molecular flexibility index (Phi) is 5.61. The Balaban J connectivity index is 2.09. The first-order chi connectivity index (χ1) is 9.72. The third kappa shape index (κ3) is 4.08. The minimum Gasteiger partial charge on any atom is -0.493 e. The molecule has 0 saturated heterocycles. The number of ether oxygens (including phenoxy) is 2. The third-order valence-corrected chi connectivity index (χ3v) is 4.18. The summed E-state index contributed by atoms with van der Waals surface area (Å²) in [5, 5.41) is 0. The van der Waals surface area contributed by atoms with Crippen molar-refractivity contribution < 1.29 is 14.3 Å². The van der Waals surface area contributed by atoms with Crippen LogP contribution in [0.1, 0.15) is 28.6 Å². The lowest BCUT2D eigenvalue weighted by atomic mass is 10.2. The highest BCUT2D eigenvalue weighted by Crippen LogP contribution is 2.27. The molecule has 0 spiro atoms. The standard InChI is InChI=1S/C15H15BrO3S/c1-2-7-18-12-4-3-11(9-17)14(8-12)19-10-13-5-6-15(16)20-13/h3-6,8-9H,2,7,10H2,1H3. The van der Waals surface area contributed by atoms with Gasteiger partial charge in [0, 0.05) is 10.9 Å². The molecule has 1 aromatic carbocycles. The predicted molar refractivity (Wildman–Crippen MR) is 84.0 cm³/mol. The number of hydrogen-bond acceptors (Lipinski definition) is 4. The molecular weight excluding hydrogens is 340 g/mol. The van der Waals surface area contributed by atoms with Crippen LogP contribution in [-0.2, 0) is 6.61 Å². The fourth-order valence-electron chi connectivity index (χ4n) is 1.62. The molecule has 0 aliphatic carbocycles. The van der Waals surface area contributed by atoms with Crippen molar-refractivity contribution in [1.29, 1.82) is 0 Å². The fourth-order valence-corrected chi connectivity index (χ4v) is 3.02. The molecule has 0 amide bonds. The highest BCUT2D eigenvalue weighted by atomic mass is 79.9. The molecule has 3 nitrogen and oxygen atoms in total. The van der Waals surface area contributed by atoms with E-state index in [1.807, 2.05) is 19.1 Å². The second-order valence-corrected chi connectivity index (χ2v) is 6.71. The minimum absolute atomic E-state index is 0.439. The Labute approximate surface area is 130 Å². The lowest BCUT2D eigenvalue weighted by Gasteiger charge is -2.10. The average Bonchev–Trinajstić information content (AvgIpc) is 2.88. The van der Waals surface area contributed by atoms with E-state index < -0.39 is 0 Å². The van der Waals surface area contributed by atoms with Gasteiger partial charge in [-0.2, -0.15) is 0 Å². The number of halogens is 1. The van der Waals surface area contributed by atoms with Gasteiger partial charge in [-0.15, -0.1) is 11.3 Å². The summed E-state index contributed by atoms with van der Waals surface area (Å²) in [6, 6.07) is 9.24. The first kappa shape index (κ1) is 15.1. The molecule has 0 bridgehead atoms. The quantitative estimate of drug-likeness (QED) is 0.676. The van der Waals surface area contributed by atoms with Crippen LogP contribution in [0.4, 0.5) is 0 Å². The van der Waals surface area contributed by atoms with E-state index in [1.165, 1.54) is 0 Å². The first-order valence-electron chi connectivity index (χ1n) is 6.32. The molecule has 0 saturated carbocycles. The van der Waals surface area contributed by atoms with Gasteiger partial charge >= 0.3 is 0 Å². The Bertz CT molecular complexity index is 580. The first-order valence-corrected chi connectivity index (χ1v) is 7.93. The SMILES string of the molecule is CCCOc1ccc(C=O)c(OCc2ccc(Br)s2)c1. The van der Waals surface area contributed by atoms with Crippen LogP contribution in [-0.4, -0.2) is 12.9 Å². The number of aldehydes is 1. The fraction of sp³-hybridized carbons (Fsp3) is 0.267. The number of benzene rings is 1. The maximum absolute atomic E-state index is 11.0. The summed E-state index contributed by atoms with van der Waals surface area (Å²) >= 11 is 5.02. The molecule has 106 valence electrons. The second-order valence-electron chi connectivity index (χ2n) is 4.16. The van der Waals surface area contributed by atoms with Gasteiger partial charge in [-0.1, -0.05) is 6.92 Å². The van der Waals surface area contributed by atoms with Gasteiger partial charge in [0.1, 0.15) is 18.1 Å². The van der Waals surface area contributed by atoms with E-state index >= 15 is 0 Å². The van der Waals surface area contributed by atoms with Gasteiger partial charge in [0.05, 0.1) is 16.0 Å². The van der Waals surface area contributed by atoms with Crippen LogP contribution in [0.25, 0.3) is 0 Å². The van der Waals surface area contributed by atoms with Crippen molar-refractivity contribution >= 4 is 33.6 Å². The molecule has 0 aliphatic rings. The normalized spacial score (nSPS) is 10.3.